The van der Waals surface area contributed by atoms with Gasteiger partial charge in [0.1, 0.15) is 10.8 Å². The van der Waals surface area contributed by atoms with Crippen molar-refractivity contribution in [1.29, 1.82) is 0 Å². The molecule has 0 spiro atoms. The van der Waals surface area contributed by atoms with Gasteiger partial charge in [-0.1, -0.05) is 6.07 Å². The van der Waals surface area contributed by atoms with Crippen LogP contribution >= 0.6 is 34.4 Å². The van der Waals surface area contributed by atoms with Crippen LogP contribution in [0.1, 0.15) is 10.6 Å². The Labute approximate surface area is 152 Å². The fourth-order valence-corrected chi connectivity index (χ4v) is 4.53. The van der Waals surface area contributed by atoms with Gasteiger partial charge in [0, 0.05) is 9.77 Å². The van der Waals surface area contributed by atoms with Crippen LogP contribution in [-0.2, 0) is 11.3 Å². The normalized spacial score (nSPS) is 10.8. The summed E-state index contributed by atoms with van der Waals surface area (Å²) in [6.07, 6.45) is 0. The highest BCUT2D eigenvalue weighted by Gasteiger charge is 2.11. The van der Waals surface area contributed by atoms with E-state index in [2.05, 4.69) is 10.3 Å². The first-order valence-corrected chi connectivity index (χ1v) is 9.95. The molecular weight excluding hydrogens is 363 g/mol. The SMILES string of the molecule is Cc1nc(-c2cccs2)sc1CNC(=O)CSc1ccc(F)cc1. The number of carbonyl (C=O) groups is 1. The van der Waals surface area contributed by atoms with Gasteiger partial charge in [0.15, 0.2) is 0 Å². The number of thiophene rings is 1. The van der Waals surface area contributed by atoms with Crippen molar-refractivity contribution < 1.29 is 9.18 Å². The molecule has 0 atom stereocenters. The van der Waals surface area contributed by atoms with Crippen LogP contribution in [0, 0.1) is 12.7 Å². The van der Waals surface area contributed by atoms with Gasteiger partial charge in [0.25, 0.3) is 0 Å². The van der Waals surface area contributed by atoms with Crippen LogP contribution in [0.2, 0.25) is 0 Å². The molecule has 0 aliphatic carbocycles. The molecular formula is C17H15FN2OS3. The smallest absolute Gasteiger partial charge is 0.230 e. The summed E-state index contributed by atoms with van der Waals surface area (Å²) in [5, 5.41) is 5.94. The van der Waals surface area contributed by atoms with E-state index < -0.39 is 0 Å². The van der Waals surface area contributed by atoms with E-state index >= 15 is 0 Å². The number of nitrogens with one attached hydrogen (secondary N) is 1. The number of nitrogens with zero attached hydrogens (tertiary/aromatic N) is 1. The number of thioether (sulfide) groups is 1. The van der Waals surface area contributed by atoms with E-state index in [1.807, 2.05) is 24.4 Å². The highest BCUT2D eigenvalue weighted by molar-refractivity contribution is 8.00. The van der Waals surface area contributed by atoms with E-state index in [0.717, 1.165) is 25.4 Å². The number of carbonyl (C=O) groups excluding carboxylic acids is 1. The Bertz CT molecular complexity index is 813. The van der Waals surface area contributed by atoms with Crippen LogP contribution < -0.4 is 5.32 Å². The minimum absolute atomic E-state index is 0.0465. The second kappa shape index (κ2) is 7.92. The van der Waals surface area contributed by atoms with E-state index in [9.17, 15) is 9.18 Å². The average molecular weight is 379 g/mol. The van der Waals surface area contributed by atoms with E-state index in [0.29, 0.717) is 12.3 Å². The Morgan fingerprint density at radius 1 is 1.29 bits per heavy atom. The molecule has 7 heteroatoms. The lowest BCUT2D eigenvalue weighted by molar-refractivity contribution is -0.118. The molecule has 0 saturated carbocycles. The van der Waals surface area contributed by atoms with E-state index in [4.69, 9.17) is 0 Å². The van der Waals surface area contributed by atoms with Crippen molar-refractivity contribution in [2.75, 3.05) is 5.75 Å². The molecule has 0 bridgehead atoms. The van der Waals surface area contributed by atoms with Crippen LogP contribution in [0.25, 0.3) is 9.88 Å². The van der Waals surface area contributed by atoms with Crippen molar-refractivity contribution in [3.05, 3.63) is 58.2 Å². The fourth-order valence-electron chi connectivity index (χ4n) is 2.01. The topological polar surface area (TPSA) is 42.0 Å². The molecule has 0 aliphatic heterocycles. The quantitative estimate of drug-likeness (QED) is 0.631. The third-order valence-corrected chi connectivity index (χ3v) is 6.46. The summed E-state index contributed by atoms with van der Waals surface area (Å²) in [6, 6.07) is 10.2. The number of hydrogen-bond donors (Lipinski definition) is 1. The molecule has 1 aromatic carbocycles. The predicted octanol–water partition coefficient (Wildman–Crippen LogP) is 4.73. The summed E-state index contributed by atoms with van der Waals surface area (Å²) >= 11 is 4.66. The summed E-state index contributed by atoms with van der Waals surface area (Å²) in [6.45, 7) is 2.44. The Balaban J connectivity index is 1.52. The van der Waals surface area contributed by atoms with Crippen molar-refractivity contribution in [1.82, 2.24) is 10.3 Å². The Morgan fingerprint density at radius 2 is 2.08 bits per heavy atom. The van der Waals surface area contributed by atoms with Gasteiger partial charge in [-0.3, -0.25) is 4.79 Å². The molecule has 2 heterocycles. The van der Waals surface area contributed by atoms with E-state index in [1.54, 1.807) is 34.8 Å². The van der Waals surface area contributed by atoms with E-state index in [-0.39, 0.29) is 11.7 Å². The minimum atomic E-state index is -0.272. The first-order valence-electron chi connectivity index (χ1n) is 7.27. The van der Waals surface area contributed by atoms with Gasteiger partial charge in [-0.25, -0.2) is 9.37 Å². The molecule has 0 aliphatic rings. The lowest BCUT2D eigenvalue weighted by Gasteiger charge is -2.04. The number of amides is 1. The third-order valence-electron chi connectivity index (χ3n) is 3.25. The number of aromatic nitrogens is 1. The maximum atomic E-state index is 12.8. The molecule has 0 unspecified atom stereocenters. The molecule has 3 aromatic rings. The highest BCUT2D eigenvalue weighted by atomic mass is 32.2. The first kappa shape index (κ1) is 17.1. The molecule has 1 N–H and O–H groups in total. The standard InChI is InChI=1S/C17H15FN2OS3/c1-11-15(24-17(20-11)14-3-2-8-22-14)9-19-16(21)10-23-13-6-4-12(18)5-7-13/h2-8H,9-10H2,1H3,(H,19,21). The largest absolute Gasteiger partial charge is 0.350 e. The second-order valence-corrected chi connectivity index (χ2v) is 8.10. The Morgan fingerprint density at radius 3 is 2.79 bits per heavy atom. The molecule has 0 radical (unpaired) electrons. The zero-order valence-electron chi connectivity index (χ0n) is 12.9. The number of halogens is 1. The van der Waals surface area contributed by atoms with Crippen LogP contribution in [0.4, 0.5) is 4.39 Å². The second-order valence-electron chi connectivity index (χ2n) is 5.02. The first-order chi connectivity index (χ1) is 11.6. The maximum Gasteiger partial charge on any atom is 0.230 e. The number of aryl methyl sites for hydroxylation is 1. The molecule has 24 heavy (non-hydrogen) atoms. The lowest BCUT2D eigenvalue weighted by Crippen LogP contribution is -2.24. The zero-order valence-corrected chi connectivity index (χ0v) is 15.4. The van der Waals surface area contributed by atoms with Gasteiger partial charge < -0.3 is 5.32 Å². The molecule has 3 rings (SSSR count). The molecule has 0 saturated heterocycles. The number of rotatable bonds is 6. The summed E-state index contributed by atoms with van der Waals surface area (Å²) in [5.41, 5.74) is 0.954. The molecule has 0 fully saturated rings. The van der Waals surface area contributed by atoms with Crippen molar-refractivity contribution in [3.63, 3.8) is 0 Å². The van der Waals surface area contributed by atoms with Gasteiger partial charge in [0.05, 0.1) is 22.9 Å². The van der Waals surface area contributed by atoms with Crippen LogP contribution in [0.5, 0.6) is 0 Å². The summed E-state index contributed by atoms with van der Waals surface area (Å²) < 4.78 is 12.8. The molecule has 124 valence electrons. The van der Waals surface area contributed by atoms with Crippen molar-refractivity contribution >= 4 is 40.3 Å². The van der Waals surface area contributed by atoms with E-state index in [1.165, 1.54) is 23.9 Å². The van der Waals surface area contributed by atoms with Crippen molar-refractivity contribution in [3.8, 4) is 9.88 Å². The van der Waals surface area contributed by atoms with Gasteiger partial charge in [-0.15, -0.1) is 34.4 Å². The number of thiazole rings is 1. The fraction of sp³-hybridized carbons (Fsp3) is 0.176. The number of hydrogen-bond acceptors (Lipinski definition) is 5. The third kappa shape index (κ3) is 4.43. The summed E-state index contributed by atoms with van der Waals surface area (Å²) in [7, 11) is 0. The van der Waals surface area contributed by atoms with Gasteiger partial charge in [-0.05, 0) is 42.6 Å². The summed E-state index contributed by atoms with van der Waals surface area (Å²) in [5.74, 6) is -0.0119. The minimum Gasteiger partial charge on any atom is -0.350 e. The molecule has 3 nitrogen and oxygen atoms in total. The predicted molar refractivity (Wildman–Crippen MR) is 99.1 cm³/mol. The van der Waals surface area contributed by atoms with Gasteiger partial charge in [0.2, 0.25) is 5.91 Å². The lowest BCUT2D eigenvalue weighted by atomic mass is 10.4. The summed E-state index contributed by atoms with van der Waals surface area (Å²) in [4.78, 5) is 19.6. The van der Waals surface area contributed by atoms with Crippen LogP contribution in [0.3, 0.4) is 0 Å². The average Bonchev–Trinajstić information content (AvgIpc) is 3.22. The molecule has 1 amide bonds. The Kier molecular flexibility index (Phi) is 5.65. The van der Waals surface area contributed by atoms with Crippen molar-refractivity contribution in [2.24, 2.45) is 0 Å². The van der Waals surface area contributed by atoms with Crippen LogP contribution in [-0.4, -0.2) is 16.6 Å². The Hall–Kier alpha value is -1.70. The zero-order chi connectivity index (χ0) is 16.9. The van der Waals surface area contributed by atoms with Crippen molar-refractivity contribution in [2.45, 2.75) is 18.4 Å². The monoisotopic (exact) mass is 378 g/mol. The highest BCUT2D eigenvalue weighted by Crippen LogP contribution is 2.31. The number of benzene rings is 1. The molecule has 2 aromatic heterocycles. The van der Waals surface area contributed by atoms with Gasteiger partial charge >= 0.3 is 0 Å². The maximum absolute atomic E-state index is 12.8. The van der Waals surface area contributed by atoms with Gasteiger partial charge in [-0.2, -0.15) is 0 Å². The van der Waals surface area contributed by atoms with Crippen LogP contribution in [0.15, 0.2) is 46.7 Å².